The number of carbonyl (C=O) groups excluding carboxylic acids is 1. The average Bonchev–Trinajstić information content (AvgIpc) is 3.17. The normalized spacial score (nSPS) is 35.3. The molecule has 6 rings (SSSR count). The van der Waals surface area contributed by atoms with Crippen LogP contribution in [0.3, 0.4) is 0 Å². The molecule has 2 aliphatic carbocycles. The number of aryl methyl sites for hydroxylation is 1. The van der Waals surface area contributed by atoms with Gasteiger partial charge in [-0.2, -0.15) is 0 Å². The van der Waals surface area contributed by atoms with Crippen molar-refractivity contribution in [3.63, 3.8) is 0 Å². The van der Waals surface area contributed by atoms with Gasteiger partial charge in [-0.25, -0.2) is 4.21 Å². The summed E-state index contributed by atoms with van der Waals surface area (Å²) in [5.41, 5.74) is 3.34. The Balaban J connectivity index is 1.46. The van der Waals surface area contributed by atoms with E-state index < -0.39 is 15.3 Å². The summed E-state index contributed by atoms with van der Waals surface area (Å²) >= 11 is 6.47. The van der Waals surface area contributed by atoms with Crippen LogP contribution < -0.4 is 14.4 Å². The van der Waals surface area contributed by atoms with Crippen LogP contribution in [0.5, 0.6) is 5.75 Å². The molecule has 0 aromatic heterocycles. The highest BCUT2D eigenvalue weighted by Crippen LogP contribution is 2.50. The molecule has 1 spiro atoms. The lowest BCUT2D eigenvalue weighted by Crippen LogP contribution is -2.53. The summed E-state index contributed by atoms with van der Waals surface area (Å²) in [6.45, 7) is 8.21. The van der Waals surface area contributed by atoms with Gasteiger partial charge >= 0.3 is 0 Å². The SMILES string of the molecule is C=S1(=O)NC(=O)c2ccc3c(c2)N(C[C@@H]2CC[C@H]2[C@@](C/C=C/C)(OC)/C=C/C[C@H](C)[C@H]1C)C[C@@]1(CCCc2cc(Cl)ccc21)CO3. The Kier molecular flexibility index (Phi) is 9.41. The summed E-state index contributed by atoms with van der Waals surface area (Å²) in [6.07, 6.45) is 15.6. The number of fused-ring (bicyclic) bond motifs is 4. The molecule has 1 unspecified atom stereocenters. The molecule has 6 nitrogen and oxygen atoms in total. The van der Waals surface area contributed by atoms with Crippen LogP contribution in [0.2, 0.25) is 5.02 Å². The molecular formula is C38H49ClN2O4S. The van der Waals surface area contributed by atoms with Crippen LogP contribution in [0.15, 0.2) is 60.7 Å². The van der Waals surface area contributed by atoms with Gasteiger partial charge in [-0.3, -0.25) is 9.52 Å². The number of hydrogen-bond acceptors (Lipinski definition) is 5. The smallest absolute Gasteiger partial charge is 0.262 e. The Hall–Kier alpha value is -2.74. The zero-order chi connectivity index (χ0) is 32.7. The summed E-state index contributed by atoms with van der Waals surface area (Å²) in [5, 5.41) is 0.445. The van der Waals surface area contributed by atoms with Gasteiger partial charge in [-0.1, -0.05) is 48.9 Å². The predicted octanol–water partition coefficient (Wildman–Crippen LogP) is 7.54. The van der Waals surface area contributed by atoms with Crippen molar-refractivity contribution in [2.24, 2.45) is 17.8 Å². The zero-order valence-electron chi connectivity index (χ0n) is 27.7. The van der Waals surface area contributed by atoms with Gasteiger partial charge in [0.1, 0.15) is 5.75 Å². The fourth-order valence-electron chi connectivity index (χ4n) is 8.27. The molecule has 248 valence electrons. The van der Waals surface area contributed by atoms with Crippen molar-refractivity contribution in [2.45, 2.75) is 82.0 Å². The van der Waals surface area contributed by atoms with Gasteiger partial charge < -0.3 is 14.4 Å². The van der Waals surface area contributed by atoms with E-state index in [4.69, 9.17) is 21.1 Å². The molecule has 1 N–H and O–H groups in total. The second-order valence-corrected chi connectivity index (χ2v) is 17.0. The fraction of sp³-hybridized carbons (Fsp3) is 0.526. The minimum Gasteiger partial charge on any atom is -0.490 e. The van der Waals surface area contributed by atoms with Crippen LogP contribution in [0.25, 0.3) is 0 Å². The molecule has 1 fully saturated rings. The molecule has 1 saturated carbocycles. The molecule has 2 aromatic rings. The van der Waals surface area contributed by atoms with Crippen molar-refractivity contribution in [2.75, 3.05) is 31.7 Å². The minimum absolute atomic E-state index is 0.0447. The van der Waals surface area contributed by atoms with Gasteiger partial charge in [0.2, 0.25) is 0 Å². The maximum atomic E-state index is 13.8. The highest BCUT2D eigenvalue weighted by atomic mass is 35.5. The number of anilines is 1. The lowest BCUT2D eigenvalue weighted by molar-refractivity contribution is -0.0729. The molecular weight excluding hydrogens is 616 g/mol. The number of carbonyl (C=O) groups is 1. The number of nitrogens with zero attached hydrogens (tertiary/aromatic N) is 1. The van der Waals surface area contributed by atoms with Crippen molar-refractivity contribution in [3.8, 4) is 5.75 Å². The van der Waals surface area contributed by atoms with Gasteiger partial charge in [0.25, 0.3) is 5.91 Å². The number of hydrogen-bond donors (Lipinski definition) is 1. The molecule has 4 aliphatic rings. The van der Waals surface area contributed by atoms with Crippen molar-refractivity contribution in [3.05, 3.63) is 82.4 Å². The van der Waals surface area contributed by atoms with E-state index in [-0.39, 0.29) is 22.5 Å². The number of allylic oxidation sites excluding steroid dienone is 2. The first-order valence-electron chi connectivity index (χ1n) is 16.8. The number of benzene rings is 2. The van der Waals surface area contributed by atoms with E-state index in [0.29, 0.717) is 24.0 Å². The van der Waals surface area contributed by atoms with Crippen LogP contribution in [0.1, 0.15) is 80.8 Å². The molecule has 0 saturated heterocycles. The molecule has 2 bridgehead atoms. The molecule has 1 amide bonds. The predicted molar refractivity (Wildman–Crippen MR) is 191 cm³/mol. The summed E-state index contributed by atoms with van der Waals surface area (Å²) in [7, 11) is -1.09. The Labute approximate surface area is 280 Å². The average molecular weight is 665 g/mol. The second kappa shape index (κ2) is 13.0. The monoisotopic (exact) mass is 664 g/mol. The summed E-state index contributed by atoms with van der Waals surface area (Å²) in [5.74, 6) is 5.20. The maximum absolute atomic E-state index is 13.8. The third-order valence-corrected chi connectivity index (χ3v) is 13.9. The molecule has 2 heterocycles. The van der Waals surface area contributed by atoms with E-state index in [0.717, 1.165) is 74.5 Å². The molecule has 46 heavy (non-hydrogen) atoms. The third-order valence-electron chi connectivity index (χ3n) is 11.4. The lowest BCUT2D eigenvalue weighted by Gasteiger charge is -2.50. The first kappa shape index (κ1) is 33.2. The summed E-state index contributed by atoms with van der Waals surface area (Å²) in [6, 6.07) is 11.9. The van der Waals surface area contributed by atoms with Crippen LogP contribution >= 0.6 is 11.6 Å². The van der Waals surface area contributed by atoms with E-state index in [2.05, 4.69) is 65.8 Å². The Morgan fingerprint density at radius 3 is 2.78 bits per heavy atom. The number of methoxy groups -OCH3 is 1. The van der Waals surface area contributed by atoms with E-state index >= 15 is 0 Å². The lowest BCUT2D eigenvalue weighted by atomic mass is 9.63. The number of ether oxygens (including phenoxy) is 2. The highest BCUT2D eigenvalue weighted by molar-refractivity contribution is 7.99. The van der Waals surface area contributed by atoms with Crippen LogP contribution in [-0.2, 0) is 26.3 Å². The number of rotatable bonds is 3. The summed E-state index contributed by atoms with van der Waals surface area (Å²) in [4.78, 5) is 16.1. The van der Waals surface area contributed by atoms with E-state index in [1.807, 2.05) is 32.2 Å². The Bertz CT molecular complexity index is 1640. The molecule has 0 radical (unpaired) electrons. The van der Waals surface area contributed by atoms with Gasteiger partial charge in [-0.15, -0.1) is 0 Å². The largest absolute Gasteiger partial charge is 0.490 e. The van der Waals surface area contributed by atoms with Gasteiger partial charge in [-0.05, 0) is 124 Å². The van der Waals surface area contributed by atoms with E-state index in [1.54, 1.807) is 6.07 Å². The topological polar surface area (TPSA) is 67.9 Å². The third kappa shape index (κ3) is 6.15. The minimum atomic E-state index is -2.93. The zero-order valence-corrected chi connectivity index (χ0v) is 29.3. The summed E-state index contributed by atoms with van der Waals surface area (Å²) < 4.78 is 29.8. The Morgan fingerprint density at radius 2 is 2.04 bits per heavy atom. The first-order valence-corrected chi connectivity index (χ1v) is 19.0. The van der Waals surface area contributed by atoms with Gasteiger partial charge in [0.15, 0.2) is 0 Å². The van der Waals surface area contributed by atoms with Crippen molar-refractivity contribution in [1.29, 1.82) is 0 Å². The van der Waals surface area contributed by atoms with Crippen LogP contribution in [0.4, 0.5) is 5.69 Å². The van der Waals surface area contributed by atoms with Crippen molar-refractivity contribution in [1.82, 2.24) is 4.72 Å². The highest BCUT2D eigenvalue weighted by Gasteiger charge is 2.48. The number of halogens is 1. The van der Waals surface area contributed by atoms with Crippen LogP contribution in [-0.4, -0.2) is 53.6 Å². The first-order chi connectivity index (χ1) is 22.0. The van der Waals surface area contributed by atoms with Crippen molar-refractivity contribution < 1.29 is 18.5 Å². The van der Waals surface area contributed by atoms with Crippen LogP contribution in [0, 0.1) is 17.8 Å². The van der Waals surface area contributed by atoms with Gasteiger partial charge in [0.05, 0.1) is 27.6 Å². The van der Waals surface area contributed by atoms with Crippen molar-refractivity contribution >= 4 is 38.8 Å². The number of nitrogens with one attached hydrogen (secondary N) is 1. The fourth-order valence-corrected chi connectivity index (χ4v) is 9.95. The second-order valence-electron chi connectivity index (χ2n) is 14.1. The quantitative estimate of drug-likeness (QED) is 0.271. The van der Waals surface area contributed by atoms with E-state index in [1.165, 1.54) is 11.1 Å². The van der Waals surface area contributed by atoms with E-state index in [9.17, 15) is 9.00 Å². The molecule has 2 aromatic carbocycles. The Morgan fingerprint density at radius 1 is 1.22 bits per heavy atom. The van der Waals surface area contributed by atoms with Gasteiger partial charge in [0, 0.05) is 41.5 Å². The maximum Gasteiger partial charge on any atom is 0.262 e. The number of amides is 1. The molecule has 7 atom stereocenters. The molecule has 2 aliphatic heterocycles. The standard InChI is InChI=1S/C38H49ClN2O4S/c1-6-7-19-38(44-4)20-8-10-26(2)27(3)46(5,43)40-36(42)29-13-17-35-34(22-29)41(23-30-12-15-33(30)38)24-37(25-45-35)18-9-11-28-21-31(39)14-16-32(28)37/h6-8,13-14,16-17,20-22,26-27,30,33H,5,9-12,15,18-19,23-25H2,1-4H3,(H,40,42,43)/b7-6+,20-8+/t26-,27+,30-,33+,37-,38-,46?/m0/s1. The molecule has 8 heteroatoms.